The van der Waals surface area contributed by atoms with Crippen LogP contribution in [0.3, 0.4) is 0 Å². The first-order valence-electron chi connectivity index (χ1n) is 1.41. The summed E-state index contributed by atoms with van der Waals surface area (Å²) < 4.78 is 17.7. The van der Waals surface area contributed by atoms with Gasteiger partial charge in [-0.15, -0.1) is 0 Å². The van der Waals surface area contributed by atoms with E-state index < -0.39 is 11.1 Å². The van der Waals surface area contributed by atoms with Gasteiger partial charge in [-0.1, -0.05) is 15.9 Å². The van der Waals surface area contributed by atoms with Crippen LogP contribution >= 0.6 is 15.9 Å². The Morgan fingerprint density at radius 3 is 2.33 bits per heavy atom. The standard InChI is InChI=1S/C2H5BrO2S/c3-1-2-6(4)5/h1-2H2,(H,4,5). The van der Waals surface area contributed by atoms with Crippen LogP contribution in [0.15, 0.2) is 0 Å². The van der Waals surface area contributed by atoms with Gasteiger partial charge in [0.2, 0.25) is 0 Å². The molecule has 6 heavy (non-hydrogen) atoms. The fraction of sp³-hybridized carbons (Fsp3) is 1.00. The van der Waals surface area contributed by atoms with E-state index in [1.54, 1.807) is 0 Å². The maximum absolute atomic E-state index is 9.68. The molecular formula is C2H5BrO2S. The van der Waals surface area contributed by atoms with E-state index in [4.69, 9.17) is 4.55 Å². The Balaban J connectivity index is 2.83. The molecule has 1 atom stereocenters. The Kier molecular flexibility index (Phi) is 4.14. The Hall–Kier alpha value is 0.590. The molecule has 0 aromatic carbocycles. The van der Waals surface area contributed by atoms with Crippen LogP contribution in [0.2, 0.25) is 0 Å². The van der Waals surface area contributed by atoms with Gasteiger partial charge in [0, 0.05) is 5.33 Å². The molecule has 0 radical (unpaired) electrons. The minimum atomic E-state index is -1.61. The highest BCUT2D eigenvalue weighted by atomic mass is 79.9. The van der Waals surface area contributed by atoms with Crippen LogP contribution in [-0.4, -0.2) is 19.8 Å². The van der Waals surface area contributed by atoms with Crippen LogP contribution in [0.1, 0.15) is 0 Å². The van der Waals surface area contributed by atoms with Gasteiger partial charge in [-0.25, -0.2) is 4.21 Å². The summed E-state index contributed by atoms with van der Waals surface area (Å²) in [5.41, 5.74) is 0. The molecule has 38 valence electrons. The van der Waals surface area contributed by atoms with Crippen molar-refractivity contribution in [2.24, 2.45) is 0 Å². The number of hydrogen-bond donors (Lipinski definition) is 1. The summed E-state index contributed by atoms with van der Waals surface area (Å²) in [7, 11) is 0. The third kappa shape index (κ3) is 4.59. The zero-order chi connectivity index (χ0) is 4.99. The van der Waals surface area contributed by atoms with E-state index in [1.807, 2.05) is 0 Å². The predicted molar refractivity (Wildman–Crippen MR) is 29.4 cm³/mol. The second kappa shape index (κ2) is 3.77. The van der Waals surface area contributed by atoms with Crippen molar-refractivity contribution in [3.8, 4) is 0 Å². The molecule has 0 aliphatic rings. The van der Waals surface area contributed by atoms with E-state index in [9.17, 15) is 4.21 Å². The summed E-state index contributed by atoms with van der Waals surface area (Å²) in [4.78, 5) is 0. The smallest absolute Gasteiger partial charge is 0.153 e. The Morgan fingerprint density at radius 2 is 2.33 bits per heavy atom. The third-order valence-corrected chi connectivity index (χ3v) is 1.73. The molecular weight excluding hydrogens is 168 g/mol. The molecule has 0 saturated heterocycles. The SMILES string of the molecule is O=S(O)CCBr. The zero-order valence-electron chi connectivity index (χ0n) is 3.06. The van der Waals surface area contributed by atoms with E-state index in [0.717, 1.165) is 0 Å². The van der Waals surface area contributed by atoms with Gasteiger partial charge in [-0.3, -0.25) is 0 Å². The summed E-state index contributed by atoms with van der Waals surface area (Å²) in [6.45, 7) is 0. The van der Waals surface area contributed by atoms with E-state index >= 15 is 0 Å². The minimum absolute atomic E-state index is 0.319. The molecule has 1 N–H and O–H groups in total. The van der Waals surface area contributed by atoms with E-state index in [-0.39, 0.29) is 0 Å². The van der Waals surface area contributed by atoms with Crippen molar-refractivity contribution in [1.29, 1.82) is 0 Å². The van der Waals surface area contributed by atoms with Crippen molar-refractivity contribution in [3.05, 3.63) is 0 Å². The van der Waals surface area contributed by atoms with Crippen molar-refractivity contribution >= 4 is 27.0 Å². The molecule has 0 heterocycles. The van der Waals surface area contributed by atoms with Gasteiger partial charge in [0.15, 0.2) is 11.1 Å². The first kappa shape index (κ1) is 6.59. The zero-order valence-corrected chi connectivity index (χ0v) is 5.46. The maximum atomic E-state index is 9.68. The number of hydrogen-bond acceptors (Lipinski definition) is 1. The van der Waals surface area contributed by atoms with Crippen molar-refractivity contribution in [2.75, 3.05) is 11.1 Å². The highest BCUT2D eigenvalue weighted by Gasteiger charge is 1.84. The van der Waals surface area contributed by atoms with Crippen molar-refractivity contribution in [1.82, 2.24) is 0 Å². The predicted octanol–water partition coefficient (Wildman–Crippen LogP) is 0.603. The second-order valence-electron chi connectivity index (χ2n) is 0.715. The Morgan fingerprint density at radius 1 is 1.83 bits per heavy atom. The van der Waals surface area contributed by atoms with Gasteiger partial charge in [-0.05, 0) is 0 Å². The van der Waals surface area contributed by atoms with Crippen LogP contribution in [0.4, 0.5) is 0 Å². The fourth-order valence-electron chi connectivity index (χ4n) is 0.0660. The molecule has 0 saturated carbocycles. The van der Waals surface area contributed by atoms with Crippen molar-refractivity contribution in [3.63, 3.8) is 0 Å². The van der Waals surface area contributed by atoms with Crippen LogP contribution < -0.4 is 0 Å². The summed E-state index contributed by atoms with van der Waals surface area (Å²) in [6, 6.07) is 0. The number of alkyl halides is 1. The van der Waals surface area contributed by atoms with Gasteiger partial charge in [0.25, 0.3) is 0 Å². The largest absolute Gasteiger partial charge is 0.306 e. The lowest BCUT2D eigenvalue weighted by molar-refractivity contribution is 0.566. The second-order valence-corrected chi connectivity index (χ2v) is 2.56. The normalized spacial score (nSPS) is 14.3. The molecule has 0 aliphatic heterocycles. The first-order chi connectivity index (χ1) is 2.77. The lowest BCUT2D eigenvalue weighted by Gasteiger charge is -1.80. The highest BCUT2D eigenvalue weighted by molar-refractivity contribution is 9.09. The fourth-order valence-corrected chi connectivity index (χ4v) is 1.03. The maximum Gasteiger partial charge on any atom is 0.153 e. The third-order valence-electron chi connectivity index (χ3n) is 0.252. The van der Waals surface area contributed by atoms with Gasteiger partial charge >= 0.3 is 0 Å². The molecule has 0 fully saturated rings. The first-order valence-corrected chi connectivity index (χ1v) is 3.80. The average molecular weight is 173 g/mol. The van der Waals surface area contributed by atoms with Gasteiger partial charge in [0.05, 0.1) is 5.75 Å². The molecule has 0 bridgehead atoms. The molecule has 0 rings (SSSR count). The van der Waals surface area contributed by atoms with Crippen LogP contribution in [0.25, 0.3) is 0 Å². The number of halogens is 1. The van der Waals surface area contributed by atoms with Gasteiger partial charge < -0.3 is 4.55 Å². The molecule has 0 aliphatic carbocycles. The molecule has 0 aromatic rings. The summed E-state index contributed by atoms with van der Waals surface area (Å²) in [6.07, 6.45) is 0. The van der Waals surface area contributed by atoms with Crippen LogP contribution in [-0.2, 0) is 11.1 Å². The lowest BCUT2D eigenvalue weighted by atomic mass is 11.0. The molecule has 0 spiro atoms. The molecule has 0 aromatic heterocycles. The van der Waals surface area contributed by atoms with Crippen molar-refractivity contribution in [2.45, 2.75) is 0 Å². The summed E-state index contributed by atoms with van der Waals surface area (Å²) >= 11 is 1.38. The summed E-state index contributed by atoms with van der Waals surface area (Å²) in [5.74, 6) is 0.319. The average Bonchev–Trinajstić information content (AvgIpc) is 1.35. The molecule has 1 unspecified atom stereocenters. The monoisotopic (exact) mass is 172 g/mol. The summed E-state index contributed by atoms with van der Waals surface area (Å²) in [5, 5.41) is 0.593. The quantitative estimate of drug-likeness (QED) is 0.490. The van der Waals surface area contributed by atoms with Crippen LogP contribution in [0, 0.1) is 0 Å². The molecule has 4 heteroatoms. The topological polar surface area (TPSA) is 37.3 Å². The van der Waals surface area contributed by atoms with Gasteiger partial charge in [-0.2, -0.15) is 0 Å². The van der Waals surface area contributed by atoms with Crippen molar-refractivity contribution < 1.29 is 8.76 Å². The lowest BCUT2D eigenvalue weighted by Crippen LogP contribution is -1.93. The van der Waals surface area contributed by atoms with Crippen LogP contribution in [0.5, 0.6) is 0 Å². The minimum Gasteiger partial charge on any atom is -0.306 e. The van der Waals surface area contributed by atoms with E-state index in [1.165, 1.54) is 0 Å². The Bertz CT molecular complexity index is 55.5. The number of rotatable bonds is 2. The molecule has 0 amide bonds. The Labute approximate surface area is 47.3 Å². The van der Waals surface area contributed by atoms with Gasteiger partial charge in [0.1, 0.15) is 0 Å². The molecule has 2 nitrogen and oxygen atoms in total. The highest BCUT2D eigenvalue weighted by Crippen LogP contribution is 1.79. The van der Waals surface area contributed by atoms with E-state index in [0.29, 0.717) is 11.1 Å². The van der Waals surface area contributed by atoms with E-state index in [2.05, 4.69) is 15.9 Å².